The molecule has 0 unspecified atom stereocenters. The van der Waals surface area contributed by atoms with Crippen molar-refractivity contribution >= 4 is 26.0 Å². The average Bonchev–Trinajstić information content (AvgIpc) is 2.61. The van der Waals surface area contributed by atoms with Crippen molar-refractivity contribution in [3.8, 4) is 5.75 Å². The maximum atomic E-state index is 11.1. The van der Waals surface area contributed by atoms with E-state index in [9.17, 15) is 8.42 Å². The van der Waals surface area contributed by atoms with Gasteiger partial charge in [0, 0.05) is 7.05 Å². The molecule has 0 aliphatic heterocycles. The van der Waals surface area contributed by atoms with Crippen molar-refractivity contribution in [1.29, 1.82) is 0 Å². The quantitative estimate of drug-likeness (QED) is 0.899. The number of hydrogen-bond donors (Lipinski definition) is 1. The third kappa shape index (κ3) is 3.20. The highest BCUT2D eigenvalue weighted by Crippen LogP contribution is 2.22. The first-order valence-corrected chi connectivity index (χ1v) is 8.06. The summed E-state index contributed by atoms with van der Waals surface area (Å²) < 4.78 is 30.5. The smallest absolute Gasteiger partial charge is 0.238 e. The number of ether oxygens (including phenoxy) is 1. The van der Waals surface area contributed by atoms with Crippen LogP contribution in [0.5, 0.6) is 5.75 Å². The van der Waals surface area contributed by atoms with E-state index < -0.39 is 10.0 Å². The number of nitrogens with zero attached hydrogens (tertiary/aromatic N) is 2. The summed E-state index contributed by atoms with van der Waals surface area (Å²) in [6.45, 7) is 2.22. The van der Waals surface area contributed by atoms with Gasteiger partial charge in [-0.2, -0.15) is 5.10 Å². The Morgan fingerprint density at radius 3 is 2.40 bits per heavy atom. The fraction of sp³-hybridized carbons (Fsp3) is 0.250. The molecule has 0 bridgehead atoms. The van der Waals surface area contributed by atoms with Crippen LogP contribution in [0, 0.1) is 6.92 Å². The molecule has 1 aromatic carbocycles. The lowest BCUT2D eigenvalue weighted by Crippen LogP contribution is -2.11. The largest absolute Gasteiger partial charge is 0.487 e. The maximum Gasteiger partial charge on any atom is 0.238 e. The van der Waals surface area contributed by atoms with E-state index in [0.717, 1.165) is 15.9 Å². The van der Waals surface area contributed by atoms with Crippen LogP contribution in [0.25, 0.3) is 0 Å². The van der Waals surface area contributed by atoms with E-state index in [0.29, 0.717) is 12.4 Å². The molecular formula is C12H14BrN3O3S. The Labute approximate surface area is 125 Å². The highest BCUT2D eigenvalue weighted by Gasteiger charge is 2.12. The van der Waals surface area contributed by atoms with Gasteiger partial charge in [0.15, 0.2) is 0 Å². The summed E-state index contributed by atoms with van der Waals surface area (Å²) in [7, 11) is -1.84. The number of benzene rings is 1. The van der Waals surface area contributed by atoms with E-state index in [1.807, 2.05) is 14.0 Å². The zero-order chi connectivity index (χ0) is 14.9. The van der Waals surface area contributed by atoms with E-state index >= 15 is 0 Å². The summed E-state index contributed by atoms with van der Waals surface area (Å²) in [6.07, 6.45) is 0. The van der Waals surface area contributed by atoms with Crippen LogP contribution in [0.4, 0.5) is 0 Å². The van der Waals surface area contributed by atoms with Gasteiger partial charge < -0.3 is 4.74 Å². The van der Waals surface area contributed by atoms with Crippen molar-refractivity contribution in [2.75, 3.05) is 0 Å². The van der Waals surface area contributed by atoms with E-state index in [1.165, 1.54) is 12.1 Å². The number of hydrogen-bond acceptors (Lipinski definition) is 4. The van der Waals surface area contributed by atoms with Gasteiger partial charge in [0.25, 0.3) is 0 Å². The molecule has 0 aliphatic carbocycles. The van der Waals surface area contributed by atoms with Gasteiger partial charge in [-0.1, -0.05) is 0 Å². The molecule has 0 spiro atoms. The monoisotopic (exact) mass is 359 g/mol. The summed E-state index contributed by atoms with van der Waals surface area (Å²) in [5.74, 6) is 0.558. The second-order valence-corrected chi connectivity index (χ2v) is 6.63. The van der Waals surface area contributed by atoms with Gasteiger partial charge in [-0.15, -0.1) is 0 Å². The Bertz CT molecular complexity index is 723. The third-order valence-corrected chi connectivity index (χ3v) is 4.75. The fourth-order valence-electron chi connectivity index (χ4n) is 1.71. The lowest BCUT2D eigenvalue weighted by molar-refractivity contribution is 0.294. The topological polar surface area (TPSA) is 87.2 Å². The van der Waals surface area contributed by atoms with Crippen molar-refractivity contribution in [2.24, 2.45) is 12.2 Å². The van der Waals surface area contributed by atoms with E-state index in [2.05, 4.69) is 21.0 Å². The Hall–Kier alpha value is -1.38. The zero-order valence-corrected chi connectivity index (χ0v) is 13.4. The minimum absolute atomic E-state index is 0.0578. The first kappa shape index (κ1) is 15.0. The predicted molar refractivity (Wildman–Crippen MR) is 77.8 cm³/mol. The van der Waals surface area contributed by atoms with Crippen LogP contribution in [0.3, 0.4) is 0 Å². The normalized spacial score (nSPS) is 11.6. The van der Waals surface area contributed by atoms with Crippen LogP contribution >= 0.6 is 15.9 Å². The molecule has 1 aromatic heterocycles. The van der Waals surface area contributed by atoms with Gasteiger partial charge in [0.2, 0.25) is 10.0 Å². The fourth-order valence-corrected chi connectivity index (χ4v) is 2.68. The summed E-state index contributed by atoms with van der Waals surface area (Å²) in [5.41, 5.74) is 1.79. The van der Waals surface area contributed by atoms with E-state index in [-0.39, 0.29) is 4.90 Å². The summed E-state index contributed by atoms with van der Waals surface area (Å²) in [5, 5.41) is 9.29. The van der Waals surface area contributed by atoms with Crippen LogP contribution in [0.2, 0.25) is 0 Å². The van der Waals surface area contributed by atoms with Crippen LogP contribution < -0.4 is 9.88 Å². The van der Waals surface area contributed by atoms with Crippen molar-refractivity contribution < 1.29 is 13.2 Å². The molecule has 108 valence electrons. The number of nitrogens with two attached hydrogens (primary N) is 1. The molecule has 6 nitrogen and oxygen atoms in total. The van der Waals surface area contributed by atoms with Gasteiger partial charge >= 0.3 is 0 Å². The van der Waals surface area contributed by atoms with Crippen LogP contribution in [0.15, 0.2) is 33.6 Å². The summed E-state index contributed by atoms with van der Waals surface area (Å²) in [4.78, 5) is 0.0578. The minimum Gasteiger partial charge on any atom is -0.487 e. The van der Waals surface area contributed by atoms with Crippen LogP contribution in [0.1, 0.15) is 11.4 Å². The van der Waals surface area contributed by atoms with Gasteiger partial charge in [0.1, 0.15) is 12.4 Å². The van der Waals surface area contributed by atoms with E-state index in [4.69, 9.17) is 9.88 Å². The van der Waals surface area contributed by atoms with Crippen LogP contribution in [-0.2, 0) is 23.7 Å². The number of rotatable bonds is 4. The number of aryl methyl sites for hydroxylation is 2. The Kier molecular flexibility index (Phi) is 4.17. The zero-order valence-electron chi connectivity index (χ0n) is 11.0. The molecule has 0 radical (unpaired) electrons. The lowest BCUT2D eigenvalue weighted by Gasteiger charge is -2.07. The molecule has 2 N–H and O–H groups in total. The number of primary sulfonamides is 1. The minimum atomic E-state index is -3.67. The first-order valence-electron chi connectivity index (χ1n) is 5.72. The number of aromatic nitrogens is 2. The molecule has 0 aliphatic rings. The molecule has 20 heavy (non-hydrogen) atoms. The lowest BCUT2D eigenvalue weighted by atomic mass is 10.3. The highest BCUT2D eigenvalue weighted by molar-refractivity contribution is 9.10. The molecule has 0 fully saturated rings. The Balaban J connectivity index is 2.12. The second-order valence-electron chi connectivity index (χ2n) is 4.27. The molecule has 0 saturated heterocycles. The number of sulfonamides is 1. The second kappa shape index (κ2) is 5.55. The summed E-state index contributed by atoms with van der Waals surface area (Å²) in [6, 6.07) is 5.95. The average molecular weight is 360 g/mol. The van der Waals surface area contributed by atoms with Gasteiger partial charge in [0.05, 0.1) is 20.8 Å². The van der Waals surface area contributed by atoms with Gasteiger partial charge in [-0.3, -0.25) is 4.68 Å². The van der Waals surface area contributed by atoms with Crippen LogP contribution in [-0.4, -0.2) is 18.2 Å². The maximum absolute atomic E-state index is 11.1. The van der Waals surface area contributed by atoms with Crippen molar-refractivity contribution in [2.45, 2.75) is 18.4 Å². The van der Waals surface area contributed by atoms with Crippen molar-refractivity contribution in [3.05, 3.63) is 40.1 Å². The summed E-state index contributed by atoms with van der Waals surface area (Å²) >= 11 is 3.45. The van der Waals surface area contributed by atoms with Crippen molar-refractivity contribution in [3.63, 3.8) is 0 Å². The molecule has 1 heterocycles. The first-order chi connectivity index (χ1) is 9.29. The molecule has 8 heteroatoms. The molecular weight excluding hydrogens is 346 g/mol. The highest BCUT2D eigenvalue weighted by atomic mass is 79.9. The van der Waals surface area contributed by atoms with E-state index in [1.54, 1.807) is 16.8 Å². The molecule has 0 amide bonds. The molecule has 0 atom stereocenters. The number of halogens is 1. The standard InChI is InChI=1S/C12H14BrN3O3S/c1-8-12(13)11(16(2)15-8)7-19-9-3-5-10(6-4-9)20(14,17)18/h3-6H,7H2,1-2H3,(H2,14,17,18). The molecule has 0 saturated carbocycles. The predicted octanol–water partition coefficient (Wildman–Crippen LogP) is 1.72. The molecule has 2 aromatic rings. The van der Waals surface area contributed by atoms with Crippen molar-refractivity contribution in [1.82, 2.24) is 9.78 Å². The Morgan fingerprint density at radius 2 is 1.95 bits per heavy atom. The van der Waals surface area contributed by atoms with Gasteiger partial charge in [-0.25, -0.2) is 13.6 Å². The van der Waals surface area contributed by atoms with Gasteiger partial charge in [-0.05, 0) is 47.1 Å². The molecule has 2 rings (SSSR count). The SMILES string of the molecule is Cc1nn(C)c(COc2ccc(S(N)(=O)=O)cc2)c1Br. The Morgan fingerprint density at radius 1 is 1.35 bits per heavy atom. The third-order valence-electron chi connectivity index (χ3n) is 2.79.